The van der Waals surface area contributed by atoms with E-state index in [1.54, 1.807) is 0 Å². The molecule has 3 aromatic carbocycles. The largest absolute Gasteiger partial charge is 0.399 e. The minimum absolute atomic E-state index is 0.314. The van der Waals surface area contributed by atoms with Crippen molar-refractivity contribution in [2.45, 2.75) is 24.8 Å². The second-order valence-corrected chi connectivity index (χ2v) is 7.77. The van der Waals surface area contributed by atoms with Crippen LogP contribution in [0.4, 0.5) is 10.5 Å². The molecule has 30 heavy (non-hydrogen) atoms. The SMILES string of the molecule is Nc1cccc(CC2(Cc3ccccc3)C=CC(Cc3ccccc3)=NC(=O)N2)c1. The zero-order chi connectivity index (χ0) is 20.8. The number of benzene rings is 3. The maximum absolute atomic E-state index is 12.8. The van der Waals surface area contributed by atoms with E-state index in [4.69, 9.17) is 5.73 Å². The molecule has 0 radical (unpaired) electrons. The minimum atomic E-state index is -0.589. The van der Waals surface area contributed by atoms with Gasteiger partial charge in [-0.1, -0.05) is 78.9 Å². The molecule has 0 saturated heterocycles. The lowest BCUT2D eigenvalue weighted by Gasteiger charge is -2.31. The Balaban J connectivity index is 1.66. The summed E-state index contributed by atoms with van der Waals surface area (Å²) in [4.78, 5) is 17.1. The first-order chi connectivity index (χ1) is 14.6. The van der Waals surface area contributed by atoms with Gasteiger partial charge in [-0.05, 0) is 47.7 Å². The Morgan fingerprint density at radius 3 is 2.13 bits per heavy atom. The number of nitrogens with two attached hydrogens (primary N) is 1. The standard InChI is InChI=1S/C26H25N3O/c27-23-13-7-12-22(16-23)19-26(18-21-10-5-2-6-11-21)15-14-24(28-25(30)29-26)17-20-8-3-1-4-9-20/h1-16H,17-19,27H2,(H,29,30). The van der Waals surface area contributed by atoms with Gasteiger partial charge in [-0.3, -0.25) is 0 Å². The summed E-state index contributed by atoms with van der Waals surface area (Å²) in [5.74, 6) is 0. The van der Waals surface area contributed by atoms with E-state index < -0.39 is 5.54 Å². The van der Waals surface area contributed by atoms with Crippen LogP contribution in [0, 0.1) is 0 Å². The Bertz CT molecular complexity index is 1070. The molecule has 4 heteroatoms. The molecule has 4 nitrogen and oxygen atoms in total. The molecule has 1 heterocycles. The Kier molecular flexibility index (Phi) is 5.75. The van der Waals surface area contributed by atoms with Crippen molar-refractivity contribution in [2.75, 3.05) is 5.73 Å². The Morgan fingerprint density at radius 1 is 0.800 bits per heavy atom. The van der Waals surface area contributed by atoms with E-state index in [0.29, 0.717) is 24.9 Å². The van der Waals surface area contributed by atoms with Crippen molar-refractivity contribution >= 4 is 17.4 Å². The molecule has 1 unspecified atom stereocenters. The fourth-order valence-electron chi connectivity index (χ4n) is 3.91. The maximum Gasteiger partial charge on any atom is 0.341 e. The maximum atomic E-state index is 12.8. The smallest absolute Gasteiger partial charge is 0.341 e. The number of nitrogens with zero attached hydrogens (tertiary/aromatic N) is 1. The highest BCUT2D eigenvalue weighted by atomic mass is 16.2. The van der Waals surface area contributed by atoms with Crippen LogP contribution in [0.25, 0.3) is 0 Å². The highest BCUT2D eigenvalue weighted by Gasteiger charge is 2.32. The van der Waals surface area contributed by atoms with E-state index in [2.05, 4.69) is 28.5 Å². The first-order valence-electron chi connectivity index (χ1n) is 10.1. The van der Waals surface area contributed by atoms with E-state index in [-0.39, 0.29) is 6.03 Å². The second-order valence-electron chi connectivity index (χ2n) is 7.77. The number of carbonyl (C=O) groups is 1. The lowest BCUT2D eigenvalue weighted by atomic mass is 9.84. The van der Waals surface area contributed by atoms with Crippen molar-refractivity contribution in [2.24, 2.45) is 4.99 Å². The molecule has 1 aliphatic rings. The van der Waals surface area contributed by atoms with Gasteiger partial charge in [0, 0.05) is 12.1 Å². The molecule has 2 amide bonds. The third-order valence-corrected chi connectivity index (χ3v) is 5.26. The van der Waals surface area contributed by atoms with Crippen molar-refractivity contribution < 1.29 is 4.79 Å². The number of rotatable bonds is 6. The van der Waals surface area contributed by atoms with E-state index in [1.807, 2.05) is 78.9 Å². The van der Waals surface area contributed by atoms with Gasteiger partial charge in [0.2, 0.25) is 0 Å². The second kappa shape index (κ2) is 8.78. The van der Waals surface area contributed by atoms with Crippen molar-refractivity contribution in [3.8, 4) is 0 Å². The molecule has 4 rings (SSSR count). The van der Waals surface area contributed by atoms with Crippen LogP contribution in [0.5, 0.6) is 0 Å². The predicted molar refractivity (Wildman–Crippen MR) is 123 cm³/mol. The van der Waals surface area contributed by atoms with E-state index in [0.717, 1.165) is 22.4 Å². The van der Waals surface area contributed by atoms with Gasteiger partial charge in [0.15, 0.2) is 0 Å². The zero-order valence-electron chi connectivity index (χ0n) is 16.8. The number of carbonyl (C=O) groups excluding carboxylic acids is 1. The zero-order valence-corrected chi connectivity index (χ0v) is 16.8. The summed E-state index contributed by atoms with van der Waals surface area (Å²) in [6, 6.07) is 27.8. The number of hydrogen-bond acceptors (Lipinski definition) is 2. The average Bonchev–Trinajstić information content (AvgIpc) is 2.88. The van der Waals surface area contributed by atoms with Crippen molar-refractivity contribution in [3.63, 3.8) is 0 Å². The fourth-order valence-corrected chi connectivity index (χ4v) is 3.91. The Morgan fingerprint density at radius 2 is 1.43 bits per heavy atom. The fraction of sp³-hybridized carbons (Fsp3) is 0.154. The number of hydrogen-bond donors (Lipinski definition) is 2. The highest BCUT2D eigenvalue weighted by molar-refractivity contribution is 6.04. The number of amides is 2. The summed E-state index contributed by atoms with van der Waals surface area (Å²) in [5.41, 5.74) is 10.2. The molecule has 3 N–H and O–H groups in total. The van der Waals surface area contributed by atoms with Crippen LogP contribution in [-0.2, 0) is 19.3 Å². The number of aliphatic imine (C=N–C) groups is 1. The summed E-state index contributed by atoms with van der Waals surface area (Å²) in [6.07, 6.45) is 5.99. The molecule has 3 aromatic rings. The molecule has 0 saturated carbocycles. The van der Waals surface area contributed by atoms with Gasteiger partial charge in [0.05, 0.1) is 11.3 Å². The molecule has 0 bridgehead atoms. The van der Waals surface area contributed by atoms with Crippen LogP contribution in [0.1, 0.15) is 16.7 Å². The van der Waals surface area contributed by atoms with Gasteiger partial charge >= 0.3 is 6.03 Å². The minimum Gasteiger partial charge on any atom is -0.399 e. The number of nitrogens with one attached hydrogen (secondary N) is 1. The third kappa shape index (κ3) is 5.03. The summed E-state index contributed by atoms with van der Waals surface area (Å²) in [6.45, 7) is 0. The van der Waals surface area contributed by atoms with E-state index >= 15 is 0 Å². The first-order valence-corrected chi connectivity index (χ1v) is 10.1. The van der Waals surface area contributed by atoms with Gasteiger partial charge in [0.25, 0.3) is 0 Å². The van der Waals surface area contributed by atoms with Crippen molar-refractivity contribution in [1.82, 2.24) is 5.32 Å². The number of nitrogen functional groups attached to an aromatic ring is 1. The molecular weight excluding hydrogens is 370 g/mol. The molecule has 0 aliphatic carbocycles. The molecular formula is C26H25N3O. The topological polar surface area (TPSA) is 67.5 Å². The van der Waals surface area contributed by atoms with Crippen LogP contribution in [-0.4, -0.2) is 17.3 Å². The van der Waals surface area contributed by atoms with Gasteiger partial charge in [-0.15, -0.1) is 0 Å². The molecule has 0 spiro atoms. The summed E-state index contributed by atoms with van der Waals surface area (Å²) >= 11 is 0. The lowest BCUT2D eigenvalue weighted by Crippen LogP contribution is -2.49. The van der Waals surface area contributed by atoms with E-state index in [9.17, 15) is 4.79 Å². The Labute approximate surface area is 177 Å². The van der Waals surface area contributed by atoms with Gasteiger partial charge in [-0.25, -0.2) is 4.79 Å². The van der Waals surface area contributed by atoms with Crippen LogP contribution >= 0.6 is 0 Å². The van der Waals surface area contributed by atoms with Crippen LogP contribution in [0.3, 0.4) is 0 Å². The summed E-state index contributed by atoms with van der Waals surface area (Å²) in [5, 5.41) is 3.17. The molecule has 0 aromatic heterocycles. The van der Waals surface area contributed by atoms with Gasteiger partial charge < -0.3 is 11.1 Å². The Hall–Kier alpha value is -3.66. The molecule has 1 aliphatic heterocycles. The third-order valence-electron chi connectivity index (χ3n) is 5.26. The highest BCUT2D eigenvalue weighted by Crippen LogP contribution is 2.24. The van der Waals surface area contributed by atoms with Gasteiger partial charge in [-0.2, -0.15) is 4.99 Å². The average molecular weight is 396 g/mol. The monoisotopic (exact) mass is 395 g/mol. The van der Waals surface area contributed by atoms with Crippen LogP contribution < -0.4 is 11.1 Å². The molecule has 1 atom stereocenters. The lowest BCUT2D eigenvalue weighted by molar-refractivity contribution is 0.239. The first kappa shape index (κ1) is 19.6. The van der Waals surface area contributed by atoms with E-state index in [1.165, 1.54) is 0 Å². The predicted octanol–water partition coefficient (Wildman–Crippen LogP) is 4.76. The summed E-state index contributed by atoms with van der Waals surface area (Å²) in [7, 11) is 0. The van der Waals surface area contributed by atoms with Crippen LogP contribution in [0.2, 0.25) is 0 Å². The van der Waals surface area contributed by atoms with Crippen molar-refractivity contribution in [1.29, 1.82) is 0 Å². The van der Waals surface area contributed by atoms with Crippen LogP contribution in [0.15, 0.2) is 102 Å². The number of anilines is 1. The molecule has 0 fully saturated rings. The van der Waals surface area contributed by atoms with Gasteiger partial charge in [0.1, 0.15) is 0 Å². The molecule has 150 valence electrons. The van der Waals surface area contributed by atoms with Crippen molar-refractivity contribution in [3.05, 3.63) is 114 Å². The normalized spacial score (nSPS) is 18.4. The summed E-state index contributed by atoms with van der Waals surface area (Å²) < 4.78 is 0. The number of allylic oxidation sites excluding steroid dienone is 1. The number of urea groups is 1. The quantitative estimate of drug-likeness (QED) is 0.591.